The van der Waals surface area contributed by atoms with Gasteiger partial charge in [0.2, 0.25) is 0 Å². The molecule has 2 aromatic carbocycles. The highest BCUT2D eigenvalue weighted by molar-refractivity contribution is 5.90. The number of rotatable bonds is 9. The molecule has 5 nitrogen and oxygen atoms in total. The van der Waals surface area contributed by atoms with Crippen molar-refractivity contribution < 1.29 is 19.0 Å². The molecule has 0 radical (unpaired) electrons. The van der Waals surface area contributed by atoms with E-state index in [9.17, 15) is 14.3 Å². The molecule has 0 bridgehead atoms. The van der Waals surface area contributed by atoms with Crippen LogP contribution in [0.25, 0.3) is 22.5 Å². The van der Waals surface area contributed by atoms with Crippen LogP contribution in [0.1, 0.15) is 44.0 Å². The number of benzene rings is 2. The van der Waals surface area contributed by atoms with Crippen molar-refractivity contribution in [3.05, 3.63) is 59.9 Å². The van der Waals surface area contributed by atoms with E-state index >= 15 is 0 Å². The van der Waals surface area contributed by atoms with Gasteiger partial charge in [0.25, 0.3) is 0 Å². The Labute approximate surface area is 176 Å². The molecular weight excluding hydrogens is 383 g/mol. The van der Waals surface area contributed by atoms with E-state index in [0.29, 0.717) is 36.1 Å². The van der Waals surface area contributed by atoms with E-state index in [1.807, 2.05) is 10.7 Å². The lowest BCUT2D eigenvalue weighted by atomic mass is 10.0. The summed E-state index contributed by atoms with van der Waals surface area (Å²) < 4.78 is 21.2. The first kappa shape index (κ1) is 21.6. The van der Waals surface area contributed by atoms with Crippen molar-refractivity contribution in [1.29, 1.82) is 0 Å². The smallest absolute Gasteiger partial charge is 0.335 e. The number of hydrogen-bond donors (Lipinski definition) is 1. The topological polar surface area (TPSA) is 64.3 Å². The fraction of sp³-hybridized carbons (Fsp3) is 0.333. The predicted molar refractivity (Wildman–Crippen MR) is 115 cm³/mol. The van der Waals surface area contributed by atoms with Gasteiger partial charge in [-0.3, -0.25) is 4.68 Å². The number of hydrogen-bond acceptors (Lipinski definition) is 3. The second-order valence-corrected chi connectivity index (χ2v) is 7.72. The van der Waals surface area contributed by atoms with Gasteiger partial charge in [-0.2, -0.15) is 5.10 Å². The van der Waals surface area contributed by atoms with Gasteiger partial charge in [-0.25, -0.2) is 9.18 Å². The van der Waals surface area contributed by atoms with Gasteiger partial charge in [0, 0.05) is 17.7 Å². The zero-order chi connectivity index (χ0) is 21.7. The molecule has 3 rings (SSSR count). The third-order valence-electron chi connectivity index (χ3n) is 4.72. The molecular formula is C24H27FN2O3. The molecule has 0 saturated heterocycles. The summed E-state index contributed by atoms with van der Waals surface area (Å²) in [5, 5.41) is 14.2. The first-order valence-electron chi connectivity index (χ1n) is 10.2. The maximum absolute atomic E-state index is 13.4. The van der Waals surface area contributed by atoms with E-state index < -0.39 is 5.97 Å². The summed E-state index contributed by atoms with van der Waals surface area (Å²) >= 11 is 0. The van der Waals surface area contributed by atoms with Gasteiger partial charge in [0.15, 0.2) is 0 Å². The van der Waals surface area contributed by atoms with Crippen LogP contribution in [0.4, 0.5) is 4.39 Å². The quantitative estimate of drug-likeness (QED) is 0.447. The van der Waals surface area contributed by atoms with Crippen LogP contribution in [0.5, 0.6) is 5.75 Å². The van der Waals surface area contributed by atoms with Crippen LogP contribution in [-0.2, 0) is 6.54 Å². The average molecular weight is 410 g/mol. The van der Waals surface area contributed by atoms with Crippen molar-refractivity contribution in [2.75, 3.05) is 6.61 Å². The molecule has 0 fully saturated rings. The van der Waals surface area contributed by atoms with E-state index in [-0.39, 0.29) is 11.4 Å². The first-order valence-corrected chi connectivity index (χ1v) is 10.2. The van der Waals surface area contributed by atoms with Crippen molar-refractivity contribution >= 4 is 5.97 Å². The maximum atomic E-state index is 13.4. The molecule has 3 aromatic rings. The minimum atomic E-state index is -1.00. The zero-order valence-electron chi connectivity index (χ0n) is 17.6. The summed E-state index contributed by atoms with van der Waals surface area (Å²) in [6.45, 7) is 7.51. The molecule has 0 aliphatic heterocycles. The number of aromatic carboxylic acids is 1. The van der Waals surface area contributed by atoms with Crippen LogP contribution in [0.3, 0.4) is 0 Å². The Morgan fingerprint density at radius 1 is 1.17 bits per heavy atom. The molecule has 0 saturated carbocycles. The van der Waals surface area contributed by atoms with Gasteiger partial charge in [0.1, 0.15) is 11.6 Å². The third-order valence-corrected chi connectivity index (χ3v) is 4.72. The number of ether oxygens (including phenoxy) is 1. The van der Waals surface area contributed by atoms with E-state index in [0.717, 1.165) is 24.1 Å². The molecule has 1 N–H and O–H groups in total. The lowest BCUT2D eigenvalue weighted by Gasteiger charge is -2.11. The highest BCUT2D eigenvalue weighted by atomic mass is 19.1. The van der Waals surface area contributed by atoms with Crippen LogP contribution >= 0.6 is 0 Å². The van der Waals surface area contributed by atoms with Gasteiger partial charge in [0.05, 0.1) is 23.6 Å². The van der Waals surface area contributed by atoms with Crippen LogP contribution in [-0.4, -0.2) is 27.5 Å². The Morgan fingerprint density at radius 3 is 2.53 bits per heavy atom. The summed E-state index contributed by atoms with van der Waals surface area (Å²) in [5.74, 6) is -0.345. The second kappa shape index (κ2) is 9.57. The van der Waals surface area contributed by atoms with Crippen molar-refractivity contribution in [2.24, 2.45) is 5.92 Å². The van der Waals surface area contributed by atoms with Crippen molar-refractivity contribution in [2.45, 2.75) is 40.2 Å². The van der Waals surface area contributed by atoms with E-state index in [2.05, 4.69) is 20.8 Å². The fourth-order valence-electron chi connectivity index (χ4n) is 3.20. The molecule has 0 spiro atoms. The predicted octanol–water partition coefficient (Wildman–Crippen LogP) is 5.89. The minimum absolute atomic E-state index is 0.176. The van der Waals surface area contributed by atoms with Crippen LogP contribution < -0.4 is 4.74 Å². The first-order chi connectivity index (χ1) is 14.4. The van der Waals surface area contributed by atoms with Crippen molar-refractivity contribution in [3.63, 3.8) is 0 Å². The Kier molecular flexibility index (Phi) is 6.87. The molecule has 0 unspecified atom stereocenters. The number of aromatic nitrogens is 2. The number of carboxylic acid groups (broad SMARTS) is 1. The number of unbranched alkanes of at least 4 members (excludes halogenated alkanes) is 1. The summed E-state index contributed by atoms with van der Waals surface area (Å²) in [6.07, 6.45) is 1.91. The van der Waals surface area contributed by atoms with Crippen molar-refractivity contribution in [3.8, 4) is 28.3 Å². The van der Waals surface area contributed by atoms with Crippen LogP contribution in [0, 0.1) is 11.7 Å². The summed E-state index contributed by atoms with van der Waals surface area (Å²) in [4.78, 5) is 11.5. The Hall–Kier alpha value is -3.15. The van der Waals surface area contributed by atoms with Crippen LogP contribution in [0.15, 0.2) is 48.5 Å². The minimum Gasteiger partial charge on any atom is -0.493 e. The normalized spacial score (nSPS) is 11.1. The molecule has 0 amide bonds. The summed E-state index contributed by atoms with van der Waals surface area (Å²) in [5.41, 5.74) is 3.13. The summed E-state index contributed by atoms with van der Waals surface area (Å²) in [6, 6.07) is 13.0. The monoisotopic (exact) mass is 410 g/mol. The van der Waals surface area contributed by atoms with Gasteiger partial charge in [-0.15, -0.1) is 0 Å². The van der Waals surface area contributed by atoms with E-state index in [1.165, 1.54) is 12.1 Å². The van der Waals surface area contributed by atoms with Gasteiger partial charge in [-0.05, 0) is 60.9 Å². The highest BCUT2D eigenvalue weighted by Crippen LogP contribution is 2.34. The van der Waals surface area contributed by atoms with Gasteiger partial charge < -0.3 is 9.84 Å². The van der Waals surface area contributed by atoms with Gasteiger partial charge >= 0.3 is 5.97 Å². The number of carbonyl (C=O) groups is 1. The second-order valence-electron chi connectivity index (χ2n) is 7.72. The standard InChI is InChI=1S/C24H27FN2O3/c1-4-5-12-30-23-11-8-18(24(28)29)13-20(23)21-14-22(27(26-21)15-16(2)3)17-6-9-19(25)10-7-17/h6-11,13-14,16H,4-5,12,15H2,1-3H3,(H,28,29). The SMILES string of the molecule is CCCCOc1ccc(C(=O)O)cc1-c1cc(-c2ccc(F)cc2)n(CC(C)C)n1. The highest BCUT2D eigenvalue weighted by Gasteiger charge is 2.18. The molecule has 0 aliphatic carbocycles. The van der Waals surface area contributed by atoms with Crippen molar-refractivity contribution in [1.82, 2.24) is 9.78 Å². The number of nitrogens with zero attached hydrogens (tertiary/aromatic N) is 2. The zero-order valence-corrected chi connectivity index (χ0v) is 17.6. The largest absolute Gasteiger partial charge is 0.493 e. The molecule has 1 aromatic heterocycles. The average Bonchev–Trinajstić information content (AvgIpc) is 3.11. The molecule has 158 valence electrons. The van der Waals surface area contributed by atoms with Gasteiger partial charge in [-0.1, -0.05) is 27.2 Å². The third kappa shape index (κ3) is 5.06. The summed E-state index contributed by atoms with van der Waals surface area (Å²) in [7, 11) is 0. The lowest BCUT2D eigenvalue weighted by Crippen LogP contribution is -2.08. The Morgan fingerprint density at radius 2 is 1.90 bits per heavy atom. The Bertz CT molecular complexity index is 1010. The number of halogens is 1. The Balaban J connectivity index is 2.10. The molecule has 30 heavy (non-hydrogen) atoms. The molecule has 6 heteroatoms. The van der Waals surface area contributed by atoms with E-state index in [4.69, 9.17) is 9.84 Å². The lowest BCUT2D eigenvalue weighted by molar-refractivity contribution is 0.0697. The van der Waals surface area contributed by atoms with E-state index in [1.54, 1.807) is 30.3 Å². The molecule has 1 heterocycles. The molecule has 0 atom stereocenters. The maximum Gasteiger partial charge on any atom is 0.335 e. The number of carboxylic acids is 1. The fourth-order valence-corrected chi connectivity index (χ4v) is 3.20. The van der Waals surface area contributed by atoms with Crippen LogP contribution in [0.2, 0.25) is 0 Å². The molecule has 0 aliphatic rings.